The summed E-state index contributed by atoms with van der Waals surface area (Å²) in [6.45, 7) is 4.16. The predicted octanol–water partition coefficient (Wildman–Crippen LogP) is 3.35. The second kappa shape index (κ2) is 6.71. The number of nitrogens with one attached hydrogen (secondary N) is 1. The maximum absolute atomic E-state index is 11.7. The Morgan fingerprint density at radius 3 is 2.67 bits per heavy atom. The monoisotopic (exact) mass is 284 g/mol. The lowest BCUT2D eigenvalue weighted by Gasteiger charge is -2.09. The molecule has 0 aliphatic heterocycles. The Morgan fingerprint density at radius 1 is 1.50 bits per heavy atom. The average Bonchev–Trinajstić information content (AvgIpc) is 2.29. The summed E-state index contributed by atoms with van der Waals surface area (Å²) in [5.74, 6) is 0.469. The van der Waals surface area contributed by atoms with Crippen LogP contribution in [0.5, 0.6) is 0 Å². The minimum atomic E-state index is -0.0336. The first kappa shape index (κ1) is 14.9. The molecule has 0 saturated heterocycles. The minimum absolute atomic E-state index is 0.0336. The summed E-state index contributed by atoms with van der Waals surface area (Å²) in [5, 5.41) is 3.22. The number of amides is 1. The summed E-state index contributed by atoms with van der Waals surface area (Å²) in [6, 6.07) is 5.11. The fraction of sp³-hybridized carbons (Fsp3) is 0.385. The Kier molecular flexibility index (Phi) is 5.56. The van der Waals surface area contributed by atoms with Gasteiger partial charge in [-0.1, -0.05) is 37.7 Å². The molecule has 0 bridgehead atoms. The highest BCUT2D eigenvalue weighted by Crippen LogP contribution is 2.23. The van der Waals surface area contributed by atoms with E-state index in [1.165, 1.54) is 0 Å². The first-order chi connectivity index (χ1) is 8.40. The maximum Gasteiger partial charge on any atom is 0.224 e. The van der Waals surface area contributed by atoms with E-state index < -0.39 is 0 Å². The van der Waals surface area contributed by atoms with E-state index >= 15 is 0 Å². The molecule has 1 aromatic carbocycles. The molecule has 0 radical (unpaired) electrons. The van der Waals surface area contributed by atoms with E-state index in [1.807, 2.05) is 0 Å². The predicted molar refractivity (Wildman–Crippen MR) is 80.0 cm³/mol. The third-order valence-corrected chi connectivity index (χ3v) is 3.02. The van der Waals surface area contributed by atoms with Crippen LogP contribution in [0.2, 0.25) is 5.02 Å². The molecule has 0 atom stereocenters. The zero-order chi connectivity index (χ0) is 13.7. The van der Waals surface area contributed by atoms with Gasteiger partial charge < -0.3 is 11.1 Å². The van der Waals surface area contributed by atoms with Gasteiger partial charge in [0.2, 0.25) is 5.91 Å². The van der Waals surface area contributed by atoms with Crippen molar-refractivity contribution in [3.63, 3.8) is 0 Å². The van der Waals surface area contributed by atoms with Gasteiger partial charge in [-0.2, -0.15) is 0 Å². The number of thiocarbonyl (C=S) groups is 1. The number of anilines is 1. The summed E-state index contributed by atoms with van der Waals surface area (Å²) in [6.07, 6.45) is 1.35. The van der Waals surface area contributed by atoms with Crippen molar-refractivity contribution in [1.29, 1.82) is 0 Å². The van der Waals surface area contributed by atoms with Crippen LogP contribution in [0.3, 0.4) is 0 Å². The van der Waals surface area contributed by atoms with Crippen LogP contribution >= 0.6 is 23.8 Å². The van der Waals surface area contributed by atoms with Gasteiger partial charge in [-0.15, -0.1) is 0 Å². The fourth-order valence-electron chi connectivity index (χ4n) is 1.40. The Morgan fingerprint density at radius 2 is 2.17 bits per heavy atom. The van der Waals surface area contributed by atoms with Crippen LogP contribution in [-0.2, 0) is 4.79 Å². The Balaban J connectivity index is 2.68. The molecule has 0 aromatic heterocycles. The first-order valence-corrected chi connectivity index (χ1v) is 6.58. The highest BCUT2D eigenvalue weighted by atomic mass is 35.5. The summed E-state index contributed by atoms with van der Waals surface area (Å²) < 4.78 is 0. The maximum atomic E-state index is 11.7. The van der Waals surface area contributed by atoms with E-state index in [0.29, 0.717) is 28.6 Å². The molecule has 0 spiro atoms. The molecular weight excluding hydrogens is 268 g/mol. The fourth-order valence-corrected chi connectivity index (χ4v) is 1.76. The molecule has 1 rings (SSSR count). The van der Waals surface area contributed by atoms with Crippen molar-refractivity contribution in [3.05, 3.63) is 28.8 Å². The van der Waals surface area contributed by atoms with Crippen LogP contribution in [0.25, 0.3) is 0 Å². The molecule has 0 aliphatic rings. The van der Waals surface area contributed by atoms with Crippen LogP contribution in [-0.4, -0.2) is 10.9 Å². The lowest BCUT2D eigenvalue weighted by atomic mass is 10.1. The topological polar surface area (TPSA) is 55.1 Å². The van der Waals surface area contributed by atoms with Crippen molar-refractivity contribution in [2.75, 3.05) is 5.32 Å². The van der Waals surface area contributed by atoms with Crippen LogP contribution in [0.15, 0.2) is 18.2 Å². The number of hydrogen-bond acceptors (Lipinski definition) is 2. The standard InChI is InChI=1S/C13H17ClN2OS/c1-8(2)3-6-12(17)16-11-5-4-9(13(15)18)7-10(11)14/h4-5,7-8H,3,6H2,1-2H3,(H2,15,18)(H,16,17). The van der Waals surface area contributed by atoms with Gasteiger partial charge in [0.15, 0.2) is 0 Å². The molecule has 1 amide bonds. The van der Waals surface area contributed by atoms with Gasteiger partial charge in [0, 0.05) is 12.0 Å². The Labute approximate surface area is 118 Å². The lowest BCUT2D eigenvalue weighted by Crippen LogP contribution is -2.13. The molecule has 18 heavy (non-hydrogen) atoms. The number of carbonyl (C=O) groups is 1. The Bertz CT molecular complexity index is 460. The third kappa shape index (κ3) is 4.63. The molecule has 3 nitrogen and oxygen atoms in total. The van der Waals surface area contributed by atoms with E-state index in [4.69, 9.17) is 29.6 Å². The molecule has 98 valence electrons. The number of rotatable bonds is 5. The van der Waals surface area contributed by atoms with Gasteiger partial charge in [0.1, 0.15) is 4.99 Å². The van der Waals surface area contributed by atoms with Crippen molar-refractivity contribution in [3.8, 4) is 0 Å². The number of benzene rings is 1. The lowest BCUT2D eigenvalue weighted by molar-refractivity contribution is -0.116. The molecule has 5 heteroatoms. The first-order valence-electron chi connectivity index (χ1n) is 5.79. The average molecular weight is 285 g/mol. The van der Waals surface area contributed by atoms with Crippen LogP contribution in [0, 0.1) is 5.92 Å². The van der Waals surface area contributed by atoms with Crippen LogP contribution in [0.4, 0.5) is 5.69 Å². The largest absolute Gasteiger partial charge is 0.389 e. The summed E-state index contributed by atoms with van der Waals surface area (Å²) in [4.78, 5) is 12.0. The number of halogens is 1. The highest BCUT2D eigenvalue weighted by Gasteiger charge is 2.08. The quantitative estimate of drug-likeness (QED) is 0.815. The molecule has 0 saturated carbocycles. The van der Waals surface area contributed by atoms with Crippen LogP contribution < -0.4 is 11.1 Å². The number of carbonyl (C=O) groups excluding carboxylic acids is 1. The Hall–Kier alpha value is -1.13. The molecule has 1 aromatic rings. The van der Waals surface area contributed by atoms with Crippen molar-refractivity contribution >= 4 is 40.4 Å². The van der Waals surface area contributed by atoms with Crippen LogP contribution in [0.1, 0.15) is 32.3 Å². The smallest absolute Gasteiger partial charge is 0.224 e. The zero-order valence-corrected chi connectivity index (χ0v) is 12.1. The third-order valence-electron chi connectivity index (χ3n) is 2.48. The highest BCUT2D eigenvalue weighted by molar-refractivity contribution is 7.80. The molecule has 3 N–H and O–H groups in total. The second-order valence-electron chi connectivity index (χ2n) is 4.54. The van der Waals surface area contributed by atoms with Gasteiger partial charge >= 0.3 is 0 Å². The minimum Gasteiger partial charge on any atom is -0.389 e. The zero-order valence-electron chi connectivity index (χ0n) is 10.5. The number of hydrogen-bond donors (Lipinski definition) is 2. The molecule has 0 aliphatic carbocycles. The summed E-state index contributed by atoms with van der Waals surface area (Å²) in [5.41, 5.74) is 6.78. The van der Waals surface area contributed by atoms with Crippen molar-refractivity contribution in [1.82, 2.24) is 0 Å². The SMILES string of the molecule is CC(C)CCC(=O)Nc1ccc(C(N)=S)cc1Cl. The van der Waals surface area contributed by atoms with Gasteiger partial charge in [-0.25, -0.2) is 0 Å². The van der Waals surface area contributed by atoms with Crippen molar-refractivity contribution in [2.24, 2.45) is 11.7 Å². The summed E-state index contributed by atoms with van der Waals surface area (Å²) >= 11 is 10.9. The van der Waals surface area contributed by atoms with Gasteiger partial charge in [-0.3, -0.25) is 4.79 Å². The van der Waals surface area contributed by atoms with E-state index in [0.717, 1.165) is 6.42 Å². The van der Waals surface area contributed by atoms with Gasteiger partial charge in [0.05, 0.1) is 10.7 Å². The van der Waals surface area contributed by atoms with E-state index in [9.17, 15) is 4.79 Å². The normalized spacial score (nSPS) is 10.4. The van der Waals surface area contributed by atoms with Gasteiger partial charge in [-0.05, 0) is 30.5 Å². The van der Waals surface area contributed by atoms with E-state index in [1.54, 1.807) is 18.2 Å². The molecule has 0 unspecified atom stereocenters. The van der Waals surface area contributed by atoms with E-state index in [2.05, 4.69) is 19.2 Å². The molecular formula is C13H17ClN2OS. The summed E-state index contributed by atoms with van der Waals surface area (Å²) in [7, 11) is 0. The molecule has 0 heterocycles. The van der Waals surface area contributed by atoms with E-state index in [-0.39, 0.29) is 10.9 Å². The van der Waals surface area contributed by atoms with Crippen molar-refractivity contribution < 1.29 is 4.79 Å². The second-order valence-corrected chi connectivity index (χ2v) is 5.39. The van der Waals surface area contributed by atoms with Crippen molar-refractivity contribution in [2.45, 2.75) is 26.7 Å². The van der Waals surface area contributed by atoms with Gasteiger partial charge in [0.25, 0.3) is 0 Å². The molecule has 0 fully saturated rings. The number of nitrogens with two attached hydrogens (primary N) is 1.